The van der Waals surface area contributed by atoms with E-state index in [1.165, 1.54) is 12.8 Å². The van der Waals surface area contributed by atoms with Gasteiger partial charge in [0.05, 0.1) is 6.26 Å². The third kappa shape index (κ3) is 6.46. The summed E-state index contributed by atoms with van der Waals surface area (Å²) in [4.78, 5) is 0. The van der Waals surface area contributed by atoms with E-state index in [9.17, 15) is 0 Å². The minimum atomic E-state index is 0.450. The summed E-state index contributed by atoms with van der Waals surface area (Å²) in [6, 6.07) is 3.85. The molecule has 1 N–H and O–H groups in total. The second kappa shape index (κ2) is 6.54. The van der Waals surface area contributed by atoms with Crippen molar-refractivity contribution in [3.05, 3.63) is 30.2 Å². The van der Waals surface area contributed by atoms with Gasteiger partial charge in [-0.25, -0.2) is 0 Å². The Balaban J connectivity index is 2.00. The van der Waals surface area contributed by atoms with E-state index in [2.05, 4.69) is 32.2 Å². The van der Waals surface area contributed by atoms with Crippen LogP contribution in [0.1, 0.15) is 39.4 Å². The third-order valence-electron chi connectivity index (χ3n) is 2.37. The summed E-state index contributed by atoms with van der Waals surface area (Å²) in [7, 11) is 0. The van der Waals surface area contributed by atoms with E-state index in [1.54, 1.807) is 6.26 Å². The summed E-state index contributed by atoms with van der Waals surface area (Å²) in [6.45, 7) is 8.84. The predicted octanol–water partition coefficient (Wildman–Crippen LogP) is 3.71. The quantitative estimate of drug-likeness (QED) is 0.741. The molecule has 2 nitrogen and oxygen atoms in total. The number of hydrogen-bond donors (Lipinski definition) is 1. The summed E-state index contributed by atoms with van der Waals surface area (Å²) in [5.74, 6) is 0.913. The summed E-state index contributed by atoms with van der Waals surface area (Å²) in [5.41, 5.74) is 0.450. The van der Waals surface area contributed by atoms with Crippen molar-refractivity contribution in [1.82, 2.24) is 5.32 Å². The fourth-order valence-corrected chi connectivity index (χ4v) is 1.49. The Kier molecular flexibility index (Phi) is 5.33. The molecule has 2 heteroatoms. The third-order valence-corrected chi connectivity index (χ3v) is 2.37. The van der Waals surface area contributed by atoms with Crippen LogP contribution in [0.2, 0.25) is 0 Å². The number of furan rings is 1. The zero-order chi connectivity index (χ0) is 11.9. The smallest absolute Gasteiger partial charge is 0.126 e. The first kappa shape index (κ1) is 13.0. The lowest BCUT2D eigenvalue weighted by Crippen LogP contribution is -2.17. The summed E-state index contributed by atoms with van der Waals surface area (Å²) < 4.78 is 5.19. The molecule has 0 aliphatic rings. The molecule has 0 radical (unpaired) electrons. The van der Waals surface area contributed by atoms with E-state index in [1.807, 2.05) is 18.2 Å². The van der Waals surface area contributed by atoms with Gasteiger partial charge in [0.2, 0.25) is 0 Å². The topological polar surface area (TPSA) is 25.2 Å². The van der Waals surface area contributed by atoms with E-state index in [-0.39, 0.29) is 0 Å². The Labute approximate surface area is 98.7 Å². The maximum atomic E-state index is 5.19. The lowest BCUT2D eigenvalue weighted by molar-refractivity contribution is 0.362. The van der Waals surface area contributed by atoms with Crippen LogP contribution in [0.25, 0.3) is 6.08 Å². The number of hydrogen-bond acceptors (Lipinski definition) is 2. The average Bonchev–Trinajstić information content (AvgIpc) is 2.67. The Bertz CT molecular complexity index is 293. The summed E-state index contributed by atoms with van der Waals surface area (Å²) >= 11 is 0. The van der Waals surface area contributed by atoms with Gasteiger partial charge in [-0.05, 0) is 43.0 Å². The van der Waals surface area contributed by atoms with E-state index in [0.717, 1.165) is 18.8 Å². The van der Waals surface area contributed by atoms with Gasteiger partial charge in [-0.15, -0.1) is 0 Å². The highest BCUT2D eigenvalue weighted by Crippen LogP contribution is 2.19. The van der Waals surface area contributed by atoms with E-state index in [0.29, 0.717) is 5.41 Å². The normalized spacial score (nSPS) is 12.4. The van der Waals surface area contributed by atoms with Gasteiger partial charge in [-0.3, -0.25) is 0 Å². The molecule has 1 rings (SSSR count). The Morgan fingerprint density at radius 3 is 2.81 bits per heavy atom. The molecule has 1 aromatic heterocycles. The first-order chi connectivity index (χ1) is 7.58. The van der Waals surface area contributed by atoms with Crippen molar-refractivity contribution in [2.24, 2.45) is 5.41 Å². The maximum Gasteiger partial charge on any atom is 0.126 e. The van der Waals surface area contributed by atoms with Crippen LogP contribution in [-0.2, 0) is 0 Å². The number of rotatable bonds is 6. The molecule has 0 bridgehead atoms. The Morgan fingerprint density at radius 2 is 2.19 bits per heavy atom. The first-order valence-corrected chi connectivity index (χ1v) is 5.99. The van der Waals surface area contributed by atoms with E-state index < -0.39 is 0 Å². The van der Waals surface area contributed by atoms with Crippen LogP contribution in [0.5, 0.6) is 0 Å². The largest absolute Gasteiger partial charge is 0.465 e. The second-order valence-electron chi connectivity index (χ2n) is 5.29. The zero-order valence-corrected chi connectivity index (χ0v) is 10.6. The molecular weight excluding hydrogens is 198 g/mol. The highest BCUT2D eigenvalue weighted by atomic mass is 16.3. The summed E-state index contributed by atoms with van der Waals surface area (Å²) in [6.07, 6.45) is 8.28. The standard InChI is InChI=1S/C14H23NO/c1-14(2,3)9-6-11-15-10-4-7-13-8-5-12-16-13/h4-5,7-8,12,15H,6,9-11H2,1-3H3/b7-4+. The van der Waals surface area contributed by atoms with Gasteiger partial charge in [-0.1, -0.05) is 26.8 Å². The molecule has 1 heterocycles. The highest BCUT2D eigenvalue weighted by molar-refractivity contribution is 5.42. The Morgan fingerprint density at radius 1 is 1.38 bits per heavy atom. The minimum Gasteiger partial charge on any atom is -0.465 e. The van der Waals surface area contributed by atoms with Gasteiger partial charge in [0.15, 0.2) is 0 Å². The fourth-order valence-electron chi connectivity index (χ4n) is 1.49. The van der Waals surface area contributed by atoms with Crippen molar-refractivity contribution in [2.45, 2.75) is 33.6 Å². The van der Waals surface area contributed by atoms with Crippen LogP contribution in [0.3, 0.4) is 0 Å². The second-order valence-corrected chi connectivity index (χ2v) is 5.29. The van der Waals surface area contributed by atoms with E-state index >= 15 is 0 Å². The monoisotopic (exact) mass is 221 g/mol. The van der Waals surface area contributed by atoms with Gasteiger partial charge < -0.3 is 9.73 Å². The van der Waals surface area contributed by atoms with Crippen LogP contribution >= 0.6 is 0 Å². The molecule has 0 spiro atoms. The SMILES string of the molecule is CC(C)(C)CCCNC/C=C/c1ccco1. The van der Waals surface area contributed by atoms with Crippen molar-refractivity contribution in [3.63, 3.8) is 0 Å². The first-order valence-electron chi connectivity index (χ1n) is 5.99. The van der Waals surface area contributed by atoms with Gasteiger partial charge in [-0.2, -0.15) is 0 Å². The van der Waals surface area contributed by atoms with Crippen LogP contribution < -0.4 is 5.32 Å². The fraction of sp³-hybridized carbons (Fsp3) is 0.571. The van der Waals surface area contributed by atoms with Gasteiger partial charge in [0.25, 0.3) is 0 Å². The zero-order valence-electron chi connectivity index (χ0n) is 10.6. The minimum absolute atomic E-state index is 0.450. The van der Waals surface area contributed by atoms with Gasteiger partial charge in [0, 0.05) is 6.54 Å². The lowest BCUT2D eigenvalue weighted by atomic mass is 9.91. The molecule has 0 aliphatic heterocycles. The summed E-state index contributed by atoms with van der Waals surface area (Å²) in [5, 5.41) is 3.39. The molecule has 1 aromatic rings. The highest BCUT2D eigenvalue weighted by Gasteiger charge is 2.08. The molecule has 90 valence electrons. The molecule has 0 amide bonds. The number of nitrogens with one attached hydrogen (secondary N) is 1. The van der Waals surface area contributed by atoms with Crippen LogP contribution in [-0.4, -0.2) is 13.1 Å². The van der Waals surface area contributed by atoms with Crippen molar-refractivity contribution < 1.29 is 4.42 Å². The molecule has 0 saturated heterocycles. The molecule has 0 aliphatic carbocycles. The Hall–Kier alpha value is -1.02. The van der Waals surface area contributed by atoms with Crippen LogP contribution in [0.4, 0.5) is 0 Å². The molecule has 0 saturated carbocycles. The van der Waals surface area contributed by atoms with Crippen molar-refractivity contribution >= 4 is 6.08 Å². The average molecular weight is 221 g/mol. The van der Waals surface area contributed by atoms with Gasteiger partial charge >= 0.3 is 0 Å². The molecule has 0 atom stereocenters. The molecule has 0 unspecified atom stereocenters. The molecule has 16 heavy (non-hydrogen) atoms. The van der Waals surface area contributed by atoms with Crippen LogP contribution in [0, 0.1) is 5.41 Å². The van der Waals surface area contributed by atoms with Crippen molar-refractivity contribution in [1.29, 1.82) is 0 Å². The molecular formula is C14H23NO. The molecule has 0 aromatic carbocycles. The van der Waals surface area contributed by atoms with Crippen molar-refractivity contribution in [2.75, 3.05) is 13.1 Å². The lowest BCUT2D eigenvalue weighted by Gasteiger charge is -2.17. The van der Waals surface area contributed by atoms with Crippen molar-refractivity contribution in [3.8, 4) is 0 Å². The van der Waals surface area contributed by atoms with Gasteiger partial charge in [0.1, 0.15) is 5.76 Å². The maximum absolute atomic E-state index is 5.19. The van der Waals surface area contributed by atoms with Crippen LogP contribution in [0.15, 0.2) is 28.9 Å². The van der Waals surface area contributed by atoms with E-state index in [4.69, 9.17) is 4.42 Å². The molecule has 0 fully saturated rings. The predicted molar refractivity (Wildman–Crippen MR) is 69.3 cm³/mol.